The van der Waals surface area contributed by atoms with Crippen LogP contribution in [0, 0.1) is 32.0 Å². The molecule has 34 heavy (non-hydrogen) atoms. The predicted octanol–water partition coefficient (Wildman–Crippen LogP) is 4.54. The topological polar surface area (TPSA) is 79.6 Å². The zero-order valence-electron chi connectivity index (χ0n) is 19.5. The van der Waals surface area contributed by atoms with E-state index in [1.807, 2.05) is 19.9 Å². The van der Waals surface area contributed by atoms with Crippen LogP contribution in [0.15, 0.2) is 24.4 Å². The van der Waals surface area contributed by atoms with Gasteiger partial charge in [0.05, 0.1) is 22.3 Å². The van der Waals surface area contributed by atoms with Crippen LogP contribution in [0.4, 0.5) is 10.1 Å². The molecule has 1 aromatic carbocycles. The Hall–Kier alpha value is -3.00. The van der Waals surface area contributed by atoms with Crippen molar-refractivity contribution >= 4 is 34.7 Å². The van der Waals surface area contributed by atoms with Gasteiger partial charge >= 0.3 is 0 Å². The van der Waals surface area contributed by atoms with Crippen LogP contribution in [-0.2, 0) is 4.79 Å². The Bertz CT molecular complexity index is 1310. The number of nitrogens with one attached hydrogen (secondary N) is 1. The lowest BCUT2D eigenvalue weighted by Gasteiger charge is -2.36. The highest BCUT2D eigenvalue weighted by molar-refractivity contribution is 6.34. The fourth-order valence-corrected chi connectivity index (χ4v) is 5.62. The van der Waals surface area contributed by atoms with Gasteiger partial charge in [-0.3, -0.25) is 9.59 Å². The van der Waals surface area contributed by atoms with E-state index in [-0.39, 0.29) is 28.7 Å². The number of fused-ring (bicyclic) bond motifs is 1. The molecule has 5 rings (SSSR count). The number of aryl methyl sites for hydroxylation is 3. The van der Waals surface area contributed by atoms with Gasteiger partial charge in [0.2, 0.25) is 5.91 Å². The lowest BCUT2D eigenvalue weighted by molar-refractivity contribution is -0.127. The molecule has 2 fully saturated rings. The third kappa shape index (κ3) is 3.74. The molecular weight excluding hydrogens is 457 g/mol. The van der Waals surface area contributed by atoms with Gasteiger partial charge < -0.3 is 10.2 Å². The van der Waals surface area contributed by atoms with Gasteiger partial charge in [0, 0.05) is 24.0 Å². The smallest absolute Gasteiger partial charge is 0.256 e. The summed E-state index contributed by atoms with van der Waals surface area (Å²) < 4.78 is 15.5. The van der Waals surface area contributed by atoms with Crippen LogP contribution in [0.5, 0.6) is 0 Å². The summed E-state index contributed by atoms with van der Waals surface area (Å²) in [5.74, 6) is -0.526. The molecule has 1 aliphatic carbocycles. The second-order valence-electron chi connectivity index (χ2n) is 9.62. The predicted molar refractivity (Wildman–Crippen MR) is 128 cm³/mol. The molecule has 178 valence electrons. The molecular formula is C25H27ClFN5O2. The summed E-state index contributed by atoms with van der Waals surface area (Å²) in [7, 11) is 0. The zero-order valence-corrected chi connectivity index (χ0v) is 20.2. The molecule has 9 heteroatoms. The SMILES string of the molecule is Cc1cc(C)n2ncc(C(=O)NC3CCC4(CC3)CCN(c3cc(C)c(F)cc3Cl)C4=O)c2n1. The maximum absolute atomic E-state index is 13.8. The van der Waals surface area contributed by atoms with Gasteiger partial charge in [0.1, 0.15) is 11.4 Å². The summed E-state index contributed by atoms with van der Waals surface area (Å²) in [5, 5.41) is 7.68. The molecule has 3 aromatic rings. The van der Waals surface area contributed by atoms with Crippen LogP contribution < -0.4 is 10.2 Å². The lowest BCUT2D eigenvalue weighted by atomic mass is 9.71. The largest absolute Gasteiger partial charge is 0.349 e. The Morgan fingerprint density at radius 2 is 1.91 bits per heavy atom. The van der Waals surface area contributed by atoms with Gasteiger partial charge in [-0.25, -0.2) is 13.9 Å². The van der Waals surface area contributed by atoms with E-state index < -0.39 is 5.41 Å². The Kier molecular flexibility index (Phi) is 5.59. The Morgan fingerprint density at radius 3 is 2.65 bits per heavy atom. The van der Waals surface area contributed by atoms with Crippen molar-refractivity contribution in [3.63, 3.8) is 0 Å². The van der Waals surface area contributed by atoms with Gasteiger partial charge in [-0.1, -0.05) is 11.6 Å². The molecule has 1 aliphatic heterocycles. The molecule has 1 N–H and O–H groups in total. The number of benzene rings is 1. The number of carbonyl (C=O) groups excluding carboxylic acids is 2. The van der Waals surface area contributed by atoms with Crippen molar-refractivity contribution in [3.05, 3.63) is 57.8 Å². The molecule has 1 saturated carbocycles. The molecule has 2 aliphatic rings. The fourth-order valence-electron chi connectivity index (χ4n) is 5.37. The Balaban J connectivity index is 1.27. The molecule has 2 aromatic heterocycles. The van der Waals surface area contributed by atoms with Crippen molar-refractivity contribution in [3.8, 4) is 0 Å². The van der Waals surface area contributed by atoms with E-state index in [9.17, 15) is 14.0 Å². The minimum atomic E-state index is -0.451. The van der Waals surface area contributed by atoms with E-state index in [0.29, 0.717) is 54.7 Å². The number of aromatic nitrogens is 3. The number of carbonyl (C=O) groups is 2. The second kappa shape index (κ2) is 8.34. The standard InChI is InChI=1S/C25H27ClFN5O2/c1-14-10-21(19(26)12-20(14)27)31-9-8-25(24(31)34)6-4-17(5-7-25)30-23(33)18-13-28-32-16(3)11-15(2)29-22(18)32/h10-13,17H,4-9H2,1-3H3,(H,30,33). The summed E-state index contributed by atoms with van der Waals surface area (Å²) in [6.07, 6.45) is 5.10. The molecule has 2 amide bonds. The van der Waals surface area contributed by atoms with E-state index >= 15 is 0 Å². The first-order chi connectivity index (χ1) is 16.2. The average Bonchev–Trinajstić information content (AvgIpc) is 3.35. The van der Waals surface area contributed by atoms with Crippen molar-refractivity contribution < 1.29 is 14.0 Å². The average molecular weight is 484 g/mol. The summed E-state index contributed by atoms with van der Waals surface area (Å²) in [4.78, 5) is 32.6. The fraction of sp³-hybridized carbons (Fsp3) is 0.440. The first-order valence-corrected chi connectivity index (χ1v) is 12.0. The minimum Gasteiger partial charge on any atom is -0.349 e. The Labute approximate surface area is 202 Å². The molecule has 0 radical (unpaired) electrons. The number of anilines is 1. The molecule has 0 bridgehead atoms. The molecule has 7 nitrogen and oxygen atoms in total. The van der Waals surface area contributed by atoms with Crippen LogP contribution in [-0.4, -0.2) is 39.0 Å². The number of hydrogen-bond donors (Lipinski definition) is 1. The summed E-state index contributed by atoms with van der Waals surface area (Å²) in [6.45, 7) is 6.05. The maximum atomic E-state index is 13.8. The maximum Gasteiger partial charge on any atom is 0.256 e. The van der Waals surface area contributed by atoms with Crippen LogP contribution in [0.3, 0.4) is 0 Å². The molecule has 1 saturated heterocycles. The van der Waals surface area contributed by atoms with Gasteiger partial charge in [-0.05, 0) is 76.6 Å². The number of amides is 2. The van der Waals surface area contributed by atoms with E-state index in [0.717, 1.165) is 17.8 Å². The molecule has 0 atom stereocenters. The highest BCUT2D eigenvalue weighted by Gasteiger charge is 2.49. The van der Waals surface area contributed by atoms with Crippen molar-refractivity contribution in [2.24, 2.45) is 5.41 Å². The van der Waals surface area contributed by atoms with Gasteiger partial charge in [0.15, 0.2) is 5.65 Å². The van der Waals surface area contributed by atoms with Crippen molar-refractivity contribution in [1.29, 1.82) is 0 Å². The first kappa shape index (κ1) is 22.8. The van der Waals surface area contributed by atoms with E-state index in [2.05, 4.69) is 15.4 Å². The van der Waals surface area contributed by atoms with Gasteiger partial charge in [-0.2, -0.15) is 5.10 Å². The number of halogens is 2. The molecule has 3 heterocycles. The van der Waals surface area contributed by atoms with Crippen molar-refractivity contribution in [1.82, 2.24) is 19.9 Å². The number of rotatable bonds is 3. The second-order valence-corrected chi connectivity index (χ2v) is 10.0. The highest BCUT2D eigenvalue weighted by Crippen LogP contribution is 2.47. The van der Waals surface area contributed by atoms with Crippen molar-refractivity contribution in [2.75, 3.05) is 11.4 Å². The zero-order chi connectivity index (χ0) is 24.2. The van der Waals surface area contributed by atoms with Crippen LogP contribution in [0.25, 0.3) is 5.65 Å². The van der Waals surface area contributed by atoms with Gasteiger partial charge in [-0.15, -0.1) is 0 Å². The molecule has 1 spiro atoms. The van der Waals surface area contributed by atoms with Crippen LogP contribution in [0.2, 0.25) is 5.02 Å². The normalized spacial score (nSPS) is 22.7. The van der Waals surface area contributed by atoms with E-state index in [1.165, 1.54) is 6.07 Å². The lowest BCUT2D eigenvalue weighted by Crippen LogP contribution is -2.44. The minimum absolute atomic E-state index is 0.0162. The van der Waals surface area contributed by atoms with Crippen LogP contribution in [0.1, 0.15) is 59.4 Å². The molecule has 0 unspecified atom stereocenters. The van der Waals surface area contributed by atoms with E-state index in [4.69, 9.17) is 11.6 Å². The van der Waals surface area contributed by atoms with E-state index in [1.54, 1.807) is 28.6 Å². The number of hydrogen-bond acceptors (Lipinski definition) is 4. The highest BCUT2D eigenvalue weighted by atomic mass is 35.5. The van der Waals surface area contributed by atoms with Crippen LogP contribution >= 0.6 is 11.6 Å². The van der Waals surface area contributed by atoms with Gasteiger partial charge in [0.25, 0.3) is 5.91 Å². The summed E-state index contributed by atoms with van der Waals surface area (Å²) in [5.41, 5.74) is 3.34. The first-order valence-electron chi connectivity index (χ1n) is 11.6. The Morgan fingerprint density at radius 1 is 1.18 bits per heavy atom. The number of nitrogens with zero attached hydrogens (tertiary/aromatic N) is 4. The van der Waals surface area contributed by atoms with Crippen molar-refractivity contribution in [2.45, 2.75) is 58.9 Å². The summed E-state index contributed by atoms with van der Waals surface area (Å²) in [6, 6.07) is 4.82. The quantitative estimate of drug-likeness (QED) is 0.593. The third-order valence-electron chi connectivity index (χ3n) is 7.33. The summed E-state index contributed by atoms with van der Waals surface area (Å²) >= 11 is 6.27. The third-order valence-corrected chi connectivity index (χ3v) is 7.63. The monoisotopic (exact) mass is 483 g/mol.